The average molecular weight is 329 g/mol. The van der Waals surface area contributed by atoms with E-state index in [2.05, 4.69) is 5.32 Å². The van der Waals surface area contributed by atoms with Crippen molar-refractivity contribution in [3.05, 3.63) is 28.1 Å². The van der Waals surface area contributed by atoms with E-state index >= 15 is 0 Å². The number of rotatable bonds is 6. The number of nitrogen functional groups attached to an aromatic ring is 1. The highest BCUT2D eigenvalue weighted by atomic mass is 35.5. The van der Waals surface area contributed by atoms with Crippen molar-refractivity contribution in [1.29, 1.82) is 0 Å². The number of fused-ring (bicyclic) bond motifs is 1. The lowest BCUT2D eigenvalue weighted by atomic mass is 10.2. The summed E-state index contributed by atoms with van der Waals surface area (Å²) < 4.78 is 5.90. The maximum atomic E-state index is 12.3. The van der Waals surface area contributed by atoms with Crippen LogP contribution in [0.5, 0.6) is 0 Å². The van der Waals surface area contributed by atoms with Gasteiger partial charge in [0.1, 0.15) is 4.88 Å². The monoisotopic (exact) mass is 328 g/mol. The van der Waals surface area contributed by atoms with E-state index < -0.39 is 0 Å². The topological polar surface area (TPSA) is 84.6 Å². The number of ether oxygens (including phenoxy) is 1. The number of thiophene rings is 1. The molecule has 0 saturated carbocycles. The number of methoxy groups -OCH3 is 1. The fraction of sp³-hybridized carbons (Fsp3) is 0.357. The summed E-state index contributed by atoms with van der Waals surface area (Å²) in [5.74, 6) is -0.264. The molecule has 0 aliphatic carbocycles. The van der Waals surface area contributed by atoms with Gasteiger partial charge in [-0.2, -0.15) is 0 Å². The first-order valence-electron chi connectivity index (χ1n) is 6.45. The normalized spacial score (nSPS) is 12.5. The van der Waals surface area contributed by atoms with Crippen molar-refractivity contribution < 1.29 is 14.6 Å². The van der Waals surface area contributed by atoms with Gasteiger partial charge >= 0.3 is 0 Å². The second-order valence-corrected chi connectivity index (χ2v) is 6.11. The molecule has 2 rings (SSSR count). The first-order chi connectivity index (χ1) is 10.1. The third-order valence-electron chi connectivity index (χ3n) is 3.08. The Morgan fingerprint density at radius 3 is 3.00 bits per heavy atom. The van der Waals surface area contributed by atoms with Gasteiger partial charge in [-0.3, -0.25) is 4.79 Å². The molecule has 1 atom stereocenters. The molecule has 21 heavy (non-hydrogen) atoms. The highest BCUT2D eigenvalue weighted by Crippen LogP contribution is 2.35. The molecule has 1 amide bonds. The predicted molar refractivity (Wildman–Crippen MR) is 86.1 cm³/mol. The van der Waals surface area contributed by atoms with Crippen LogP contribution in [0, 0.1) is 0 Å². The minimum absolute atomic E-state index is 0.0220. The van der Waals surface area contributed by atoms with Crippen LogP contribution in [0.15, 0.2) is 18.2 Å². The number of hydrogen-bond donors (Lipinski definition) is 3. The number of carbonyl (C=O) groups excluding carboxylic acids is 1. The summed E-state index contributed by atoms with van der Waals surface area (Å²) >= 11 is 7.25. The summed E-state index contributed by atoms with van der Waals surface area (Å²) in [6.07, 6.45) is 0.427. The van der Waals surface area contributed by atoms with Gasteiger partial charge < -0.3 is 20.9 Å². The summed E-state index contributed by atoms with van der Waals surface area (Å²) in [5.41, 5.74) is 6.49. The Hall–Kier alpha value is -1.34. The van der Waals surface area contributed by atoms with E-state index in [1.807, 2.05) is 0 Å². The Bertz CT molecular complexity index is 638. The molecule has 0 aliphatic rings. The van der Waals surface area contributed by atoms with Crippen molar-refractivity contribution in [1.82, 2.24) is 5.32 Å². The highest BCUT2D eigenvalue weighted by molar-refractivity contribution is 7.21. The van der Waals surface area contributed by atoms with Crippen LogP contribution < -0.4 is 11.1 Å². The van der Waals surface area contributed by atoms with Crippen molar-refractivity contribution in [3.8, 4) is 0 Å². The van der Waals surface area contributed by atoms with Crippen LogP contribution in [0.4, 0.5) is 5.69 Å². The number of benzene rings is 1. The van der Waals surface area contributed by atoms with Gasteiger partial charge in [-0.15, -0.1) is 11.3 Å². The fourth-order valence-corrected chi connectivity index (χ4v) is 3.37. The molecule has 5 nitrogen and oxygen atoms in total. The number of nitrogens with two attached hydrogens (primary N) is 1. The number of nitrogens with one attached hydrogen (secondary N) is 1. The van der Waals surface area contributed by atoms with Gasteiger partial charge in [0.25, 0.3) is 5.91 Å². The molecular weight excluding hydrogens is 312 g/mol. The quantitative estimate of drug-likeness (QED) is 0.759. The Balaban J connectivity index is 2.24. The third-order valence-corrected chi connectivity index (χ3v) is 4.48. The highest BCUT2D eigenvalue weighted by Gasteiger charge is 2.19. The molecule has 1 aromatic carbocycles. The lowest BCUT2D eigenvalue weighted by molar-refractivity contribution is 0.0883. The first kappa shape index (κ1) is 16.0. The van der Waals surface area contributed by atoms with Crippen LogP contribution in [-0.4, -0.2) is 37.4 Å². The molecule has 7 heteroatoms. The van der Waals surface area contributed by atoms with Crippen LogP contribution in [0.2, 0.25) is 5.02 Å². The van der Waals surface area contributed by atoms with E-state index in [-0.39, 0.29) is 18.6 Å². The number of aliphatic hydroxyl groups is 1. The first-order valence-corrected chi connectivity index (χ1v) is 7.64. The van der Waals surface area contributed by atoms with E-state index in [4.69, 9.17) is 27.2 Å². The van der Waals surface area contributed by atoms with E-state index in [9.17, 15) is 4.79 Å². The van der Waals surface area contributed by atoms with Crippen molar-refractivity contribution in [2.24, 2.45) is 0 Å². The average Bonchev–Trinajstić information content (AvgIpc) is 2.76. The number of halogens is 1. The van der Waals surface area contributed by atoms with Crippen LogP contribution >= 0.6 is 22.9 Å². The SMILES string of the molecule is COCC(CCO)NC(=O)c1sc2cc(Cl)ccc2c1N. The molecule has 0 fully saturated rings. The minimum Gasteiger partial charge on any atom is -0.397 e. The van der Waals surface area contributed by atoms with Crippen LogP contribution in [0.1, 0.15) is 16.1 Å². The zero-order chi connectivity index (χ0) is 15.4. The maximum Gasteiger partial charge on any atom is 0.263 e. The third kappa shape index (κ3) is 3.65. The summed E-state index contributed by atoms with van der Waals surface area (Å²) in [6.45, 7) is 0.314. The molecule has 1 heterocycles. The zero-order valence-corrected chi connectivity index (χ0v) is 13.1. The Kier molecular flexibility index (Phi) is 5.41. The molecular formula is C14H17ClN2O3S. The van der Waals surface area contributed by atoms with Crippen LogP contribution in [0.25, 0.3) is 10.1 Å². The van der Waals surface area contributed by atoms with E-state index in [0.29, 0.717) is 28.6 Å². The standard InChI is InChI=1S/C14H17ClN2O3S/c1-20-7-9(4-5-18)17-14(19)13-12(16)10-3-2-8(15)6-11(10)21-13/h2-3,6,9,18H,4-5,7,16H2,1H3,(H,17,19). The summed E-state index contributed by atoms with van der Waals surface area (Å²) in [5, 5.41) is 13.3. The van der Waals surface area contributed by atoms with Crippen LogP contribution in [0.3, 0.4) is 0 Å². The second kappa shape index (κ2) is 7.09. The van der Waals surface area contributed by atoms with Crippen LogP contribution in [-0.2, 0) is 4.74 Å². The van der Waals surface area contributed by atoms with Gasteiger partial charge in [-0.05, 0) is 24.6 Å². The van der Waals surface area contributed by atoms with E-state index in [1.165, 1.54) is 11.3 Å². The van der Waals surface area contributed by atoms with Gasteiger partial charge in [0.2, 0.25) is 0 Å². The van der Waals surface area contributed by atoms with Gasteiger partial charge in [0.15, 0.2) is 0 Å². The number of hydrogen-bond acceptors (Lipinski definition) is 5. The van der Waals surface area contributed by atoms with Crippen molar-refractivity contribution in [2.75, 3.05) is 26.1 Å². The molecule has 1 aromatic heterocycles. The van der Waals surface area contributed by atoms with E-state index in [0.717, 1.165) is 10.1 Å². The molecule has 2 aromatic rings. The number of amides is 1. The lowest BCUT2D eigenvalue weighted by Gasteiger charge is -2.16. The number of carbonyl (C=O) groups is 1. The maximum absolute atomic E-state index is 12.3. The molecule has 0 aliphatic heterocycles. The zero-order valence-electron chi connectivity index (χ0n) is 11.6. The molecule has 1 unspecified atom stereocenters. The molecule has 114 valence electrons. The summed E-state index contributed by atoms with van der Waals surface area (Å²) in [4.78, 5) is 12.8. The summed E-state index contributed by atoms with van der Waals surface area (Å²) in [6, 6.07) is 5.09. The van der Waals surface area contributed by atoms with Gasteiger partial charge in [-0.1, -0.05) is 11.6 Å². The second-order valence-electron chi connectivity index (χ2n) is 4.62. The number of anilines is 1. The molecule has 0 saturated heterocycles. The molecule has 0 bridgehead atoms. The Labute approximate surface area is 131 Å². The molecule has 0 spiro atoms. The minimum atomic E-state index is -0.264. The Morgan fingerprint density at radius 2 is 2.33 bits per heavy atom. The fourth-order valence-electron chi connectivity index (χ4n) is 2.06. The molecule has 0 radical (unpaired) electrons. The van der Waals surface area contributed by atoms with Gasteiger partial charge in [-0.25, -0.2) is 0 Å². The van der Waals surface area contributed by atoms with Crippen molar-refractivity contribution in [3.63, 3.8) is 0 Å². The van der Waals surface area contributed by atoms with Gasteiger partial charge in [0.05, 0.1) is 18.3 Å². The smallest absolute Gasteiger partial charge is 0.263 e. The van der Waals surface area contributed by atoms with Gasteiger partial charge in [0, 0.05) is 28.8 Å². The number of aliphatic hydroxyl groups excluding tert-OH is 1. The van der Waals surface area contributed by atoms with Crippen molar-refractivity contribution in [2.45, 2.75) is 12.5 Å². The summed E-state index contributed by atoms with van der Waals surface area (Å²) in [7, 11) is 1.55. The van der Waals surface area contributed by atoms with Crippen molar-refractivity contribution >= 4 is 44.6 Å². The largest absolute Gasteiger partial charge is 0.397 e. The Morgan fingerprint density at radius 1 is 1.57 bits per heavy atom. The van der Waals surface area contributed by atoms with E-state index in [1.54, 1.807) is 25.3 Å². The lowest BCUT2D eigenvalue weighted by Crippen LogP contribution is -2.38. The predicted octanol–water partition coefficient (Wildman–Crippen LogP) is 2.26. The molecule has 4 N–H and O–H groups in total.